The zero-order chi connectivity index (χ0) is 17.8. The second kappa shape index (κ2) is 8.23. The Balaban J connectivity index is 1.79. The van der Waals surface area contributed by atoms with Crippen molar-refractivity contribution < 1.29 is 9.13 Å². The van der Waals surface area contributed by atoms with Crippen LogP contribution >= 0.6 is 11.6 Å². The second-order valence-corrected chi connectivity index (χ2v) is 7.55. The summed E-state index contributed by atoms with van der Waals surface area (Å²) in [6.07, 6.45) is 10.1. The third-order valence-electron chi connectivity index (χ3n) is 5.27. The number of hydrogen-bond acceptors (Lipinski definition) is 1. The summed E-state index contributed by atoms with van der Waals surface area (Å²) < 4.78 is 19.5. The number of ether oxygens (including phenoxy) is 1. The highest BCUT2D eigenvalue weighted by molar-refractivity contribution is 6.28. The molecule has 1 saturated carbocycles. The van der Waals surface area contributed by atoms with E-state index in [1.165, 1.54) is 37.3 Å². The Bertz CT molecular complexity index is 678. The van der Waals surface area contributed by atoms with Crippen LogP contribution in [0.2, 0.25) is 0 Å². The van der Waals surface area contributed by atoms with Gasteiger partial charge in [-0.3, -0.25) is 0 Å². The van der Waals surface area contributed by atoms with E-state index in [1.54, 1.807) is 6.08 Å². The van der Waals surface area contributed by atoms with Crippen LogP contribution in [0.5, 0.6) is 0 Å². The largest absolute Gasteiger partial charge is 0.491 e. The number of rotatable bonds is 4. The first kappa shape index (κ1) is 18.3. The van der Waals surface area contributed by atoms with E-state index in [9.17, 15) is 4.39 Å². The van der Waals surface area contributed by atoms with Gasteiger partial charge in [0.15, 0.2) is 11.6 Å². The molecular weight excluding hydrogens is 335 g/mol. The van der Waals surface area contributed by atoms with E-state index < -0.39 is 11.2 Å². The molecule has 1 aromatic carbocycles. The molecule has 25 heavy (non-hydrogen) atoms. The maximum atomic E-state index is 14.1. The topological polar surface area (TPSA) is 9.23 Å². The van der Waals surface area contributed by atoms with Crippen LogP contribution in [0.3, 0.4) is 0 Å². The minimum atomic E-state index is -0.504. The monoisotopic (exact) mass is 360 g/mol. The number of halogens is 2. The summed E-state index contributed by atoms with van der Waals surface area (Å²) in [6.45, 7) is 4.61. The second-order valence-electron chi connectivity index (χ2n) is 7.08. The lowest BCUT2D eigenvalue weighted by atomic mass is 9.79. The molecule has 134 valence electrons. The predicted octanol–water partition coefficient (Wildman–Crippen LogP) is 6.76. The molecule has 0 amide bonds. The highest BCUT2D eigenvalue weighted by Crippen LogP contribution is 2.36. The summed E-state index contributed by atoms with van der Waals surface area (Å²) in [4.78, 5) is 0. The van der Waals surface area contributed by atoms with Crippen molar-refractivity contribution in [2.24, 2.45) is 5.92 Å². The molecular formula is C22H26ClFO. The Morgan fingerprint density at radius 2 is 1.76 bits per heavy atom. The molecule has 0 aliphatic heterocycles. The third-order valence-corrected chi connectivity index (χ3v) is 5.63. The van der Waals surface area contributed by atoms with E-state index in [1.807, 2.05) is 13.0 Å². The molecule has 0 radical (unpaired) electrons. The van der Waals surface area contributed by atoms with Crippen molar-refractivity contribution in [3.63, 3.8) is 0 Å². The molecule has 1 atom stereocenters. The molecule has 0 spiro atoms. The smallest absolute Gasteiger partial charge is 0.162 e. The minimum absolute atomic E-state index is 0.246. The van der Waals surface area contributed by atoms with Gasteiger partial charge in [0.2, 0.25) is 0 Å². The van der Waals surface area contributed by atoms with Crippen molar-refractivity contribution in [2.75, 3.05) is 6.61 Å². The molecule has 1 nitrogen and oxygen atoms in total. The molecule has 2 aliphatic carbocycles. The molecule has 1 unspecified atom stereocenters. The van der Waals surface area contributed by atoms with Crippen LogP contribution in [0.15, 0.2) is 54.1 Å². The average molecular weight is 361 g/mol. The Morgan fingerprint density at radius 3 is 2.40 bits per heavy atom. The molecule has 0 aromatic heterocycles. The molecule has 0 saturated heterocycles. The number of alkyl halides is 1. The van der Waals surface area contributed by atoms with Crippen LogP contribution in [0.1, 0.15) is 56.6 Å². The van der Waals surface area contributed by atoms with E-state index in [4.69, 9.17) is 16.3 Å². The molecule has 1 fully saturated rings. The lowest BCUT2D eigenvalue weighted by Gasteiger charge is -2.26. The highest BCUT2D eigenvalue weighted by Gasteiger charge is 2.21. The van der Waals surface area contributed by atoms with Crippen LogP contribution in [0.25, 0.3) is 5.57 Å². The summed E-state index contributed by atoms with van der Waals surface area (Å²) in [5.74, 6) is 1.37. The van der Waals surface area contributed by atoms with Gasteiger partial charge in [0.1, 0.15) is 0 Å². The van der Waals surface area contributed by atoms with E-state index >= 15 is 0 Å². The Morgan fingerprint density at radius 1 is 1.08 bits per heavy atom. The number of benzene rings is 1. The van der Waals surface area contributed by atoms with Gasteiger partial charge in [-0.05, 0) is 60.5 Å². The van der Waals surface area contributed by atoms with Gasteiger partial charge >= 0.3 is 0 Å². The SMILES string of the molecule is CCOC1=CC=C(c2ccc(C3CCC(C)CC3)cc2)C(Cl)C=C1F. The van der Waals surface area contributed by atoms with E-state index in [0.717, 1.165) is 17.1 Å². The fraction of sp³-hybridized carbons (Fsp3) is 0.455. The maximum Gasteiger partial charge on any atom is 0.162 e. The molecule has 0 bridgehead atoms. The normalized spacial score (nSPS) is 27.0. The zero-order valence-electron chi connectivity index (χ0n) is 15.0. The fourth-order valence-electron chi connectivity index (χ4n) is 3.71. The quantitative estimate of drug-likeness (QED) is 0.539. The van der Waals surface area contributed by atoms with E-state index in [2.05, 4.69) is 31.2 Å². The van der Waals surface area contributed by atoms with Crippen molar-refractivity contribution in [3.8, 4) is 0 Å². The summed E-state index contributed by atoms with van der Waals surface area (Å²) in [5.41, 5.74) is 3.34. The number of hydrogen-bond donors (Lipinski definition) is 0. The molecule has 0 heterocycles. The molecule has 2 aliphatic rings. The van der Waals surface area contributed by atoms with Crippen molar-refractivity contribution in [1.29, 1.82) is 0 Å². The van der Waals surface area contributed by atoms with Gasteiger partial charge in [0.25, 0.3) is 0 Å². The van der Waals surface area contributed by atoms with Crippen LogP contribution in [0, 0.1) is 5.92 Å². The standard InChI is InChI=1S/C22H26ClFO/c1-3-25-22-13-12-19(20(23)14-21(22)24)18-10-8-17(9-11-18)16-6-4-15(2)5-7-16/h8-16,20H,3-7H2,1-2H3. The van der Waals surface area contributed by atoms with Crippen LogP contribution < -0.4 is 0 Å². The summed E-state index contributed by atoms with van der Waals surface area (Å²) in [5, 5.41) is -0.504. The zero-order valence-corrected chi connectivity index (χ0v) is 15.7. The van der Waals surface area contributed by atoms with Crippen molar-refractivity contribution in [2.45, 2.75) is 50.8 Å². The van der Waals surface area contributed by atoms with Crippen molar-refractivity contribution in [1.82, 2.24) is 0 Å². The van der Waals surface area contributed by atoms with Gasteiger partial charge in [0.05, 0.1) is 12.0 Å². The first-order valence-electron chi connectivity index (χ1n) is 9.25. The van der Waals surface area contributed by atoms with Gasteiger partial charge in [-0.2, -0.15) is 0 Å². The van der Waals surface area contributed by atoms with Gasteiger partial charge < -0.3 is 4.74 Å². The summed E-state index contributed by atoms with van der Waals surface area (Å²) in [6, 6.07) is 8.64. The lowest BCUT2D eigenvalue weighted by molar-refractivity contribution is 0.225. The molecule has 0 N–H and O–H groups in total. The van der Waals surface area contributed by atoms with Gasteiger partial charge in [-0.1, -0.05) is 50.1 Å². The third kappa shape index (κ3) is 4.36. The lowest BCUT2D eigenvalue weighted by Crippen LogP contribution is -2.10. The van der Waals surface area contributed by atoms with Gasteiger partial charge in [0, 0.05) is 0 Å². The molecule has 3 heteroatoms. The highest BCUT2D eigenvalue weighted by atomic mass is 35.5. The van der Waals surface area contributed by atoms with Gasteiger partial charge in [-0.15, -0.1) is 11.6 Å². The van der Waals surface area contributed by atoms with E-state index in [-0.39, 0.29) is 5.76 Å². The van der Waals surface area contributed by atoms with Crippen LogP contribution in [-0.2, 0) is 4.74 Å². The average Bonchev–Trinajstić information content (AvgIpc) is 2.75. The fourth-order valence-corrected chi connectivity index (χ4v) is 4.02. The Hall–Kier alpha value is -1.54. The summed E-state index contributed by atoms with van der Waals surface area (Å²) >= 11 is 6.41. The molecule has 3 rings (SSSR count). The minimum Gasteiger partial charge on any atom is -0.491 e. The van der Waals surface area contributed by atoms with Crippen molar-refractivity contribution >= 4 is 17.2 Å². The van der Waals surface area contributed by atoms with Crippen molar-refractivity contribution in [3.05, 3.63) is 65.2 Å². The van der Waals surface area contributed by atoms with E-state index in [0.29, 0.717) is 12.5 Å². The molecule has 1 aromatic rings. The predicted molar refractivity (Wildman–Crippen MR) is 103 cm³/mol. The Labute approximate surface area is 155 Å². The van der Waals surface area contributed by atoms with Crippen LogP contribution in [-0.4, -0.2) is 12.0 Å². The van der Waals surface area contributed by atoms with Gasteiger partial charge in [-0.25, -0.2) is 4.39 Å². The number of allylic oxidation sites excluding steroid dienone is 5. The maximum absolute atomic E-state index is 14.1. The first-order chi connectivity index (χ1) is 12.1. The summed E-state index contributed by atoms with van der Waals surface area (Å²) in [7, 11) is 0. The first-order valence-corrected chi connectivity index (χ1v) is 9.69. The van der Waals surface area contributed by atoms with Crippen LogP contribution in [0.4, 0.5) is 4.39 Å². The Kier molecular flexibility index (Phi) is 6.01.